The molecule has 20 heavy (non-hydrogen) atoms. The highest BCUT2D eigenvalue weighted by Gasteiger charge is 2.07. The maximum atomic E-state index is 11.8. The molecule has 0 saturated heterocycles. The number of rotatable bonds is 4. The van der Waals surface area contributed by atoms with E-state index in [1.165, 1.54) is 0 Å². The average Bonchev–Trinajstić information content (AvgIpc) is 2.45. The Hall–Kier alpha value is -2.49. The van der Waals surface area contributed by atoms with Gasteiger partial charge >= 0.3 is 5.97 Å². The van der Waals surface area contributed by atoms with E-state index < -0.39 is 0 Å². The van der Waals surface area contributed by atoms with Gasteiger partial charge in [0.15, 0.2) is 0 Å². The van der Waals surface area contributed by atoms with E-state index in [1.807, 2.05) is 25.1 Å². The Morgan fingerprint density at radius 3 is 2.45 bits per heavy atom. The van der Waals surface area contributed by atoms with Crippen LogP contribution >= 0.6 is 0 Å². The van der Waals surface area contributed by atoms with Crippen LogP contribution in [0.25, 0.3) is 0 Å². The molecule has 0 spiro atoms. The zero-order valence-electron chi connectivity index (χ0n) is 11.6. The minimum Gasteiger partial charge on any atom is -0.496 e. The number of anilines is 1. The molecule has 0 heterocycles. The van der Waals surface area contributed by atoms with Gasteiger partial charge in [0.2, 0.25) is 0 Å². The van der Waals surface area contributed by atoms with Crippen molar-refractivity contribution in [1.29, 1.82) is 0 Å². The molecule has 104 valence electrons. The molecule has 2 aromatic carbocycles. The lowest BCUT2D eigenvalue weighted by Gasteiger charge is -2.08. The van der Waals surface area contributed by atoms with Crippen LogP contribution < -0.4 is 10.5 Å². The second-order valence-corrected chi connectivity index (χ2v) is 4.50. The van der Waals surface area contributed by atoms with Gasteiger partial charge in [-0.3, -0.25) is 0 Å². The molecule has 0 saturated carbocycles. The summed E-state index contributed by atoms with van der Waals surface area (Å²) in [7, 11) is 1.63. The van der Waals surface area contributed by atoms with Crippen molar-refractivity contribution >= 4 is 11.7 Å². The second-order valence-electron chi connectivity index (χ2n) is 4.50. The molecule has 0 fully saturated rings. The Bertz CT molecular complexity index is 606. The first-order chi connectivity index (χ1) is 9.60. The molecule has 2 N–H and O–H groups in total. The van der Waals surface area contributed by atoms with E-state index >= 15 is 0 Å². The Morgan fingerprint density at radius 2 is 1.85 bits per heavy atom. The van der Waals surface area contributed by atoms with Gasteiger partial charge in [-0.25, -0.2) is 4.79 Å². The van der Waals surface area contributed by atoms with Crippen LogP contribution in [0.15, 0.2) is 42.5 Å². The van der Waals surface area contributed by atoms with Gasteiger partial charge in [0, 0.05) is 5.69 Å². The first kappa shape index (κ1) is 13.9. The highest BCUT2D eigenvalue weighted by atomic mass is 16.5. The van der Waals surface area contributed by atoms with E-state index in [9.17, 15) is 4.79 Å². The summed E-state index contributed by atoms with van der Waals surface area (Å²) >= 11 is 0. The lowest BCUT2D eigenvalue weighted by Crippen LogP contribution is -2.05. The molecule has 4 heteroatoms. The van der Waals surface area contributed by atoms with Gasteiger partial charge in [-0.2, -0.15) is 0 Å². The van der Waals surface area contributed by atoms with Gasteiger partial charge in [0.05, 0.1) is 12.7 Å². The molecule has 0 aromatic heterocycles. The first-order valence-corrected chi connectivity index (χ1v) is 6.26. The molecule has 2 rings (SSSR count). The molecular formula is C16H17NO3. The predicted octanol–water partition coefficient (Wildman–Crippen LogP) is 2.94. The number of ether oxygens (including phenoxy) is 2. The summed E-state index contributed by atoms with van der Waals surface area (Å²) in [5.41, 5.74) is 8.61. The highest BCUT2D eigenvalue weighted by Crippen LogP contribution is 2.19. The fraction of sp³-hybridized carbons (Fsp3) is 0.188. The Balaban J connectivity index is 1.99. The van der Waals surface area contributed by atoms with Crippen LogP contribution in [0.4, 0.5) is 5.69 Å². The zero-order valence-corrected chi connectivity index (χ0v) is 11.6. The maximum absolute atomic E-state index is 11.8. The van der Waals surface area contributed by atoms with Crippen LogP contribution in [0.3, 0.4) is 0 Å². The summed E-state index contributed by atoms with van der Waals surface area (Å²) in [5, 5.41) is 0. The monoisotopic (exact) mass is 271 g/mol. The molecule has 0 aliphatic heterocycles. The van der Waals surface area contributed by atoms with E-state index in [2.05, 4.69) is 0 Å². The van der Waals surface area contributed by atoms with Gasteiger partial charge in [-0.1, -0.05) is 6.07 Å². The van der Waals surface area contributed by atoms with E-state index in [-0.39, 0.29) is 12.6 Å². The van der Waals surface area contributed by atoms with Gasteiger partial charge in [0.25, 0.3) is 0 Å². The number of hydrogen-bond donors (Lipinski definition) is 1. The van der Waals surface area contributed by atoms with E-state index in [0.29, 0.717) is 11.3 Å². The van der Waals surface area contributed by atoms with E-state index in [1.54, 1.807) is 31.4 Å². The Labute approximate surface area is 118 Å². The SMILES string of the molecule is COc1ccc(COC(=O)c2ccc(N)cc2)cc1C. The van der Waals surface area contributed by atoms with Crippen molar-refractivity contribution in [1.82, 2.24) is 0 Å². The molecule has 0 radical (unpaired) electrons. The minimum absolute atomic E-state index is 0.230. The summed E-state index contributed by atoms with van der Waals surface area (Å²) in [4.78, 5) is 11.8. The van der Waals surface area contributed by atoms with Gasteiger partial charge in [-0.15, -0.1) is 0 Å². The zero-order chi connectivity index (χ0) is 14.5. The second kappa shape index (κ2) is 6.10. The third-order valence-corrected chi connectivity index (χ3v) is 2.98. The van der Waals surface area contributed by atoms with Gasteiger partial charge in [0.1, 0.15) is 12.4 Å². The number of hydrogen-bond acceptors (Lipinski definition) is 4. The summed E-state index contributed by atoms with van der Waals surface area (Å²) in [6, 6.07) is 12.3. The molecule has 2 aromatic rings. The summed E-state index contributed by atoms with van der Waals surface area (Å²) < 4.78 is 10.4. The number of esters is 1. The molecule has 0 atom stereocenters. The van der Waals surface area contributed by atoms with Crippen LogP contribution in [-0.2, 0) is 11.3 Å². The largest absolute Gasteiger partial charge is 0.496 e. The fourth-order valence-electron chi connectivity index (χ4n) is 1.88. The van der Waals surface area contributed by atoms with Crippen molar-refractivity contribution in [2.45, 2.75) is 13.5 Å². The number of benzene rings is 2. The smallest absolute Gasteiger partial charge is 0.338 e. The fourth-order valence-corrected chi connectivity index (χ4v) is 1.88. The van der Waals surface area contributed by atoms with Gasteiger partial charge in [-0.05, 0) is 54.4 Å². The van der Waals surface area contributed by atoms with Crippen LogP contribution in [0.1, 0.15) is 21.5 Å². The predicted molar refractivity (Wildman–Crippen MR) is 77.7 cm³/mol. The summed E-state index contributed by atoms with van der Waals surface area (Å²) in [6.07, 6.45) is 0. The minimum atomic E-state index is -0.363. The number of carbonyl (C=O) groups excluding carboxylic acids is 1. The third kappa shape index (κ3) is 3.29. The molecule has 0 bridgehead atoms. The quantitative estimate of drug-likeness (QED) is 0.686. The van der Waals surface area contributed by atoms with Crippen molar-refractivity contribution in [2.75, 3.05) is 12.8 Å². The van der Waals surface area contributed by atoms with Crippen LogP contribution in [-0.4, -0.2) is 13.1 Å². The van der Waals surface area contributed by atoms with Crippen LogP contribution in [0.2, 0.25) is 0 Å². The maximum Gasteiger partial charge on any atom is 0.338 e. The van der Waals surface area contributed by atoms with E-state index in [0.717, 1.165) is 16.9 Å². The van der Waals surface area contributed by atoms with Crippen molar-refractivity contribution < 1.29 is 14.3 Å². The third-order valence-electron chi connectivity index (χ3n) is 2.98. The molecular weight excluding hydrogens is 254 g/mol. The van der Waals surface area contributed by atoms with Crippen molar-refractivity contribution in [2.24, 2.45) is 0 Å². The lowest BCUT2D eigenvalue weighted by molar-refractivity contribution is 0.0472. The Morgan fingerprint density at radius 1 is 1.15 bits per heavy atom. The topological polar surface area (TPSA) is 61.5 Å². The molecule has 0 unspecified atom stereocenters. The molecule has 0 aliphatic carbocycles. The number of nitrogens with two attached hydrogens (primary N) is 1. The lowest BCUT2D eigenvalue weighted by atomic mass is 10.1. The first-order valence-electron chi connectivity index (χ1n) is 6.26. The van der Waals surface area contributed by atoms with Crippen LogP contribution in [0, 0.1) is 6.92 Å². The molecule has 0 amide bonds. The van der Waals surface area contributed by atoms with Crippen molar-refractivity contribution in [3.05, 3.63) is 59.2 Å². The number of methoxy groups -OCH3 is 1. The summed E-state index contributed by atoms with van der Waals surface area (Å²) in [6.45, 7) is 2.18. The van der Waals surface area contributed by atoms with Crippen LogP contribution in [0.5, 0.6) is 5.75 Å². The van der Waals surface area contributed by atoms with E-state index in [4.69, 9.17) is 15.2 Å². The van der Waals surface area contributed by atoms with Crippen molar-refractivity contribution in [3.63, 3.8) is 0 Å². The van der Waals surface area contributed by atoms with Gasteiger partial charge < -0.3 is 15.2 Å². The molecule has 0 aliphatic rings. The number of nitrogen functional groups attached to an aromatic ring is 1. The summed E-state index contributed by atoms with van der Waals surface area (Å²) in [5.74, 6) is 0.456. The average molecular weight is 271 g/mol. The Kier molecular flexibility index (Phi) is 4.25. The highest BCUT2D eigenvalue weighted by molar-refractivity contribution is 5.89. The number of aryl methyl sites for hydroxylation is 1. The molecule has 4 nitrogen and oxygen atoms in total. The normalized spacial score (nSPS) is 10.1. The number of carbonyl (C=O) groups is 1. The van der Waals surface area contributed by atoms with Crippen molar-refractivity contribution in [3.8, 4) is 5.75 Å². The standard InChI is InChI=1S/C16H17NO3/c1-11-9-12(3-8-15(11)19-2)10-20-16(18)13-4-6-14(17)7-5-13/h3-9H,10,17H2,1-2H3.